The third-order valence-corrected chi connectivity index (χ3v) is 1.99. The topological polar surface area (TPSA) is 72.1 Å². The summed E-state index contributed by atoms with van der Waals surface area (Å²) in [6.45, 7) is 3.11. The Morgan fingerprint density at radius 2 is 2.45 bits per heavy atom. The van der Waals surface area contributed by atoms with Crippen molar-refractivity contribution in [2.45, 2.75) is 5.16 Å². The SMILES string of the molecule is C=COS(=O)(=O)c1ncc[nH]1. The molecule has 1 N–H and O–H groups in total. The third-order valence-electron chi connectivity index (χ3n) is 0.905. The van der Waals surface area contributed by atoms with Gasteiger partial charge in [-0.3, -0.25) is 0 Å². The summed E-state index contributed by atoms with van der Waals surface area (Å²) in [5.41, 5.74) is 0. The molecule has 0 aliphatic heterocycles. The molecule has 0 unspecified atom stereocenters. The first-order valence-corrected chi connectivity index (χ1v) is 4.11. The molecule has 0 saturated carbocycles. The lowest BCUT2D eigenvalue weighted by atomic mass is 11.0. The van der Waals surface area contributed by atoms with Crippen LogP contribution in [0, 0.1) is 0 Å². The minimum atomic E-state index is -3.75. The van der Waals surface area contributed by atoms with Crippen LogP contribution in [0.5, 0.6) is 0 Å². The second-order valence-electron chi connectivity index (χ2n) is 1.61. The van der Waals surface area contributed by atoms with Crippen molar-refractivity contribution in [2.24, 2.45) is 0 Å². The summed E-state index contributed by atoms with van der Waals surface area (Å²) in [4.78, 5) is 5.88. The van der Waals surface area contributed by atoms with E-state index >= 15 is 0 Å². The van der Waals surface area contributed by atoms with Crippen molar-refractivity contribution in [3.8, 4) is 0 Å². The normalized spacial score (nSPS) is 10.9. The summed E-state index contributed by atoms with van der Waals surface area (Å²) < 4.78 is 26.0. The number of H-pyrrole nitrogens is 1. The molecule has 60 valence electrons. The summed E-state index contributed by atoms with van der Waals surface area (Å²) >= 11 is 0. The van der Waals surface area contributed by atoms with Crippen LogP contribution in [0.3, 0.4) is 0 Å². The molecule has 0 spiro atoms. The van der Waals surface area contributed by atoms with Crippen molar-refractivity contribution in [3.05, 3.63) is 25.2 Å². The van der Waals surface area contributed by atoms with Gasteiger partial charge in [0.05, 0.1) is 6.26 Å². The zero-order chi connectivity index (χ0) is 8.32. The Morgan fingerprint density at radius 1 is 1.73 bits per heavy atom. The van der Waals surface area contributed by atoms with Crippen LogP contribution in [0.15, 0.2) is 30.4 Å². The summed E-state index contributed by atoms with van der Waals surface area (Å²) in [5.74, 6) is 0. The van der Waals surface area contributed by atoms with Crippen molar-refractivity contribution in [2.75, 3.05) is 0 Å². The Hall–Kier alpha value is -1.30. The van der Waals surface area contributed by atoms with E-state index in [-0.39, 0.29) is 5.16 Å². The van der Waals surface area contributed by atoms with Crippen LogP contribution in [0.25, 0.3) is 0 Å². The van der Waals surface area contributed by atoms with E-state index in [1.54, 1.807) is 0 Å². The first-order chi connectivity index (χ1) is 5.17. The van der Waals surface area contributed by atoms with Gasteiger partial charge in [0.25, 0.3) is 5.16 Å². The van der Waals surface area contributed by atoms with E-state index in [2.05, 4.69) is 20.7 Å². The molecule has 0 aliphatic carbocycles. The summed E-state index contributed by atoms with van der Waals surface area (Å²) in [6.07, 6.45) is 3.54. The van der Waals surface area contributed by atoms with Crippen LogP contribution in [0.2, 0.25) is 0 Å². The molecule has 0 atom stereocenters. The number of aromatic nitrogens is 2. The average Bonchev–Trinajstić information content (AvgIpc) is 2.37. The van der Waals surface area contributed by atoms with E-state index in [1.807, 2.05) is 0 Å². The maximum Gasteiger partial charge on any atom is 0.372 e. The highest BCUT2D eigenvalue weighted by Gasteiger charge is 2.15. The summed E-state index contributed by atoms with van der Waals surface area (Å²) in [6, 6.07) is 0. The van der Waals surface area contributed by atoms with Crippen molar-refractivity contribution < 1.29 is 12.6 Å². The molecule has 0 amide bonds. The number of rotatable bonds is 3. The van der Waals surface area contributed by atoms with Gasteiger partial charge in [0.1, 0.15) is 0 Å². The highest BCUT2D eigenvalue weighted by molar-refractivity contribution is 7.86. The molecule has 0 saturated heterocycles. The van der Waals surface area contributed by atoms with E-state index in [0.717, 1.165) is 6.26 Å². The van der Waals surface area contributed by atoms with Gasteiger partial charge in [-0.25, -0.2) is 4.98 Å². The van der Waals surface area contributed by atoms with E-state index in [0.29, 0.717) is 0 Å². The molecule has 0 bridgehead atoms. The van der Waals surface area contributed by atoms with Crippen LogP contribution >= 0.6 is 0 Å². The minimum absolute atomic E-state index is 0.225. The smallest absolute Gasteiger partial charge is 0.372 e. The molecule has 0 aliphatic rings. The lowest BCUT2D eigenvalue weighted by molar-refractivity contribution is 0.438. The van der Waals surface area contributed by atoms with Gasteiger partial charge in [0.2, 0.25) is 0 Å². The quantitative estimate of drug-likeness (QED) is 0.527. The molecule has 0 aromatic carbocycles. The van der Waals surface area contributed by atoms with Crippen LogP contribution in [0.1, 0.15) is 0 Å². The minimum Gasteiger partial charge on any atom is -0.385 e. The summed E-state index contributed by atoms with van der Waals surface area (Å²) in [5, 5.41) is -0.225. The van der Waals surface area contributed by atoms with Crippen LogP contribution in [-0.4, -0.2) is 18.4 Å². The van der Waals surface area contributed by atoms with Crippen molar-refractivity contribution in [1.82, 2.24) is 9.97 Å². The third kappa shape index (κ3) is 1.58. The van der Waals surface area contributed by atoms with Crippen molar-refractivity contribution in [1.29, 1.82) is 0 Å². The maximum absolute atomic E-state index is 10.9. The van der Waals surface area contributed by atoms with Gasteiger partial charge in [0, 0.05) is 12.4 Å². The molecule has 6 heteroatoms. The largest absolute Gasteiger partial charge is 0.385 e. The monoisotopic (exact) mass is 174 g/mol. The van der Waals surface area contributed by atoms with Gasteiger partial charge in [-0.15, -0.1) is 0 Å². The van der Waals surface area contributed by atoms with Gasteiger partial charge >= 0.3 is 10.1 Å². The molecular formula is C5H6N2O3S. The molecule has 5 nitrogen and oxygen atoms in total. The lowest BCUT2D eigenvalue weighted by Crippen LogP contribution is -2.03. The Balaban J connectivity index is 3.01. The zero-order valence-corrected chi connectivity index (χ0v) is 6.34. The first-order valence-electron chi connectivity index (χ1n) is 2.70. The van der Waals surface area contributed by atoms with Gasteiger partial charge in [0.15, 0.2) is 0 Å². The van der Waals surface area contributed by atoms with Gasteiger partial charge in [-0.1, -0.05) is 6.58 Å². The van der Waals surface area contributed by atoms with E-state index < -0.39 is 10.1 Å². The molecule has 1 aromatic rings. The van der Waals surface area contributed by atoms with Crippen molar-refractivity contribution in [3.63, 3.8) is 0 Å². The van der Waals surface area contributed by atoms with E-state index in [9.17, 15) is 8.42 Å². The fraction of sp³-hybridized carbons (Fsp3) is 0. The fourth-order valence-electron chi connectivity index (χ4n) is 0.523. The number of hydrogen-bond donors (Lipinski definition) is 1. The first kappa shape index (κ1) is 7.80. The molecule has 1 rings (SSSR count). The van der Waals surface area contributed by atoms with Gasteiger partial charge < -0.3 is 9.17 Å². The number of aromatic amines is 1. The van der Waals surface area contributed by atoms with E-state index in [4.69, 9.17) is 0 Å². The molecule has 1 aromatic heterocycles. The zero-order valence-electron chi connectivity index (χ0n) is 5.52. The Morgan fingerprint density at radius 3 is 2.91 bits per heavy atom. The lowest BCUT2D eigenvalue weighted by Gasteiger charge is -1.95. The molecule has 11 heavy (non-hydrogen) atoms. The van der Waals surface area contributed by atoms with Gasteiger partial charge in [-0.05, 0) is 0 Å². The molecule has 0 fully saturated rings. The molecule has 1 heterocycles. The van der Waals surface area contributed by atoms with Crippen molar-refractivity contribution >= 4 is 10.1 Å². The Bertz CT molecular complexity index is 327. The maximum atomic E-state index is 10.9. The van der Waals surface area contributed by atoms with Crippen LogP contribution in [-0.2, 0) is 14.3 Å². The van der Waals surface area contributed by atoms with E-state index in [1.165, 1.54) is 12.4 Å². The number of imidazole rings is 1. The highest BCUT2D eigenvalue weighted by atomic mass is 32.2. The second kappa shape index (κ2) is 2.75. The number of hydrogen-bond acceptors (Lipinski definition) is 4. The predicted molar refractivity (Wildman–Crippen MR) is 37.1 cm³/mol. The second-order valence-corrected chi connectivity index (χ2v) is 3.10. The molecule has 0 radical (unpaired) electrons. The molecular weight excluding hydrogens is 168 g/mol. The average molecular weight is 174 g/mol. The number of nitrogens with one attached hydrogen (secondary N) is 1. The Labute approximate surface area is 63.8 Å². The highest BCUT2D eigenvalue weighted by Crippen LogP contribution is 2.04. The predicted octanol–water partition coefficient (Wildman–Crippen LogP) is 0.258. The Kier molecular flexibility index (Phi) is 1.95. The van der Waals surface area contributed by atoms with Crippen LogP contribution < -0.4 is 0 Å². The fourth-order valence-corrected chi connectivity index (χ4v) is 1.20. The van der Waals surface area contributed by atoms with Crippen LogP contribution in [0.4, 0.5) is 0 Å². The summed E-state index contributed by atoms with van der Waals surface area (Å²) in [7, 11) is -3.75. The number of nitrogens with zero attached hydrogens (tertiary/aromatic N) is 1. The standard InChI is InChI=1S/C5H6N2O3S/c1-2-10-11(8,9)5-6-3-4-7-5/h2-4H,1H2,(H,6,7). The van der Waals surface area contributed by atoms with Gasteiger partial charge in [-0.2, -0.15) is 8.42 Å².